The molecule has 3 heterocycles. The van der Waals surface area contributed by atoms with Gasteiger partial charge < -0.3 is 14.4 Å². The Morgan fingerprint density at radius 1 is 1.43 bits per heavy atom. The third-order valence-electron chi connectivity index (χ3n) is 4.79. The first-order valence-corrected chi connectivity index (χ1v) is 8.01. The van der Waals surface area contributed by atoms with Crippen molar-refractivity contribution in [1.82, 2.24) is 14.7 Å². The fraction of sp³-hybridized carbons (Fsp3) is 0.688. The summed E-state index contributed by atoms with van der Waals surface area (Å²) in [6.07, 6.45) is 5.52. The number of carbonyl (C=O) groups excluding carboxylic acids is 2. The molecule has 126 valence electrons. The standard InChI is InChI=1S/C16H23N3O4/c1-10-4-5-13-12(7-14(23-13)16(21)22-3)19(10)15(20)6-11-8-17-18(2)9-11/h8-10,12-14H,4-7H2,1-3H3/t10-,12-,13+,14+/m1/s1. The van der Waals surface area contributed by atoms with E-state index >= 15 is 0 Å². The molecule has 1 aromatic heterocycles. The predicted molar refractivity (Wildman–Crippen MR) is 81.5 cm³/mol. The summed E-state index contributed by atoms with van der Waals surface area (Å²) in [6, 6.07) is 0.104. The molecule has 0 spiro atoms. The number of carbonyl (C=O) groups is 2. The summed E-state index contributed by atoms with van der Waals surface area (Å²) >= 11 is 0. The average Bonchev–Trinajstić information content (AvgIpc) is 3.12. The summed E-state index contributed by atoms with van der Waals surface area (Å²) in [6.45, 7) is 2.06. The van der Waals surface area contributed by atoms with E-state index < -0.39 is 6.10 Å². The van der Waals surface area contributed by atoms with Gasteiger partial charge >= 0.3 is 5.97 Å². The highest BCUT2D eigenvalue weighted by atomic mass is 16.6. The Bertz CT molecular complexity index is 600. The number of nitrogens with zero attached hydrogens (tertiary/aromatic N) is 3. The molecule has 0 aromatic carbocycles. The molecule has 4 atom stereocenters. The molecular formula is C16H23N3O4. The van der Waals surface area contributed by atoms with E-state index in [1.807, 2.05) is 18.1 Å². The minimum Gasteiger partial charge on any atom is -0.467 e. The molecule has 0 N–H and O–H groups in total. The van der Waals surface area contributed by atoms with Gasteiger partial charge in [-0.1, -0.05) is 0 Å². The monoisotopic (exact) mass is 321 g/mol. The van der Waals surface area contributed by atoms with Crippen LogP contribution in [0.25, 0.3) is 0 Å². The number of methoxy groups -OCH3 is 1. The third-order valence-corrected chi connectivity index (χ3v) is 4.79. The van der Waals surface area contributed by atoms with Crippen molar-refractivity contribution in [3.63, 3.8) is 0 Å². The number of fused-ring (bicyclic) bond motifs is 1. The number of likely N-dealkylation sites (tertiary alicyclic amines) is 1. The number of aryl methyl sites for hydroxylation is 1. The Labute approximate surface area is 135 Å². The number of esters is 1. The van der Waals surface area contributed by atoms with Gasteiger partial charge in [0.1, 0.15) is 0 Å². The van der Waals surface area contributed by atoms with Crippen LogP contribution in [0.2, 0.25) is 0 Å². The molecular weight excluding hydrogens is 298 g/mol. The fourth-order valence-electron chi connectivity index (χ4n) is 3.70. The van der Waals surface area contributed by atoms with Gasteiger partial charge in [0.25, 0.3) is 0 Å². The van der Waals surface area contributed by atoms with Crippen LogP contribution in [0.4, 0.5) is 0 Å². The van der Waals surface area contributed by atoms with E-state index in [4.69, 9.17) is 9.47 Å². The molecule has 0 radical (unpaired) electrons. The van der Waals surface area contributed by atoms with Gasteiger partial charge in [-0.25, -0.2) is 4.79 Å². The van der Waals surface area contributed by atoms with Crippen LogP contribution in [0.3, 0.4) is 0 Å². The Kier molecular flexibility index (Phi) is 4.39. The molecule has 2 saturated heterocycles. The van der Waals surface area contributed by atoms with Gasteiger partial charge in [0.15, 0.2) is 6.10 Å². The summed E-state index contributed by atoms with van der Waals surface area (Å²) in [5.74, 6) is -0.291. The molecule has 3 rings (SSSR count). The molecule has 1 aromatic rings. The lowest BCUT2D eigenvalue weighted by atomic mass is 9.92. The molecule has 2 aliphatic heterocycles. The molecule has 7 nitrogen and oxygen atoms in total. The quantitative estimate of drug-likeness (QED) is 0.765. The summed E-state index contributed by atoms with van der Waals surface area (Å²) in [5, 5.41) is 4.11. The van der Waals surface area contributed by atoms with Crippen LogP contribution in [0, 0.1) is 0 Å². The molecule has 0 aliphatic carbocycles. The SMILES string of the molecule is COC(=O)[C@@H]1C[C@@H]2[C@H](CC[C@@H](C)N2C(=O)Cc2cnn(C)c2)O1. The van der Waals surface area contributed by atoms with Crippen molar-refractivity contribution in [2.75, 3.05) is 7.11 Å². The normalized spacial score (nSPS) is 30.1. The van der Waals surface area contributed by atoms with Gasteiger partial charge in [-0.15, -0.1) is 0 Å². The topological polar surface area (TPSA) is 73.7 Å². The van der Waals surface area contributed by atoms with Crippen LogP contribution >= 0.6 is 0 Å². The number of rotatable bonds is 3. The van der Waals surface area contributed by atoms with E-state index in [0.29, 0.717) is 12.8 Å². The van der Waals surface area contributed by atoms with Crippen molar-refractivity contribution < 1.29 is 19.1 Å². The number of amides is 1. The molecule has 7 heteroatoms. The second kappa shape index (κ2) is 6.31. The van der Waals surface area contributed by atoms with Crippen LogP contribution in [0.15, 0.2) is 12.4 Å². The number of piperidine rings is 1. The second-order valence-electron chi connectivity index (χ2n) is 6.42. The highest BCUT2D eigenvalue weighted by Gasteiger charge is 2.47. The first kappa shape index (κ1) is 16.0. The molecule has 1 amide bonds. The number of hydrogen-bond acceptors (Lipinski definition) is 5. The number of ether oxygens (including phenoxy) is 2. The highest BCUT2D eigenvalue weighted by Crippen LogP contribution is 2.35. The van der Waals surface area contributed by atoms with Crippen molar-refractivity contribution in [3.05, 3.63) is 18.0 Å². The van der Waals surface area contributed by atoms with E-state index in [0.717, 1.165) is 18.4 Å². The van der Waals surface area contributed by atoms with E-state index in [1.54, 1.807) is 10.9 Å². The van der Waals surface area contributed by atoms with Crippen LogP contribution < -0.4 is 0 Å². The largest absolute Gasteiger partial charge is 0.467 e. The van der Waals surface area contributed by atoms with Gasteiger partial charge in [0.2, 0.25) is 5.91 Å². The van der Waals surface area contributed by atoms with Gasteiger partial charge in [-0.2, -0.15) is 5.10 Å². The maximum Gasteiger partial charge on any atom is 0.335 e. The van der Waals surface area contributed by atoms with Crippen LogP contribution in [-0.4, -0.2) is 58.0 Å². The minimum absolute atomic E-state index is 0.0491. The Hall–Kier alpha value is -1.89. The molecule has 2 fully saturated rings. The smallest absolute Gasteiger partial charge is 0.335 e. The molecule has 0 unspecified atom stereocenters. The van der Waals surface area contributed by atoms with E-state index in [2.05, 4.69) is 12.0 Å². The first-order chi connectivity index (χ1) is 11.0. The van der Waals surface area contributed by atoms with Gasteiger partial charge in [-0.3, -0.25) is 9.48 Å². The zero-order valence-electron chi connectivity index (χ0n) is 13.8. The molecule has 23 heavy (non-hydrogen) atoms. The summed E-state index contributed by atoms with van der Waals surface area (Å²) < 4.78 is 12.3. The lowest BCUT2D eigenvalue weighted by Crippen LogP contribution is -2.53. The van der Waals surface area contributed by atoms with Crippen LogP contribution in [-0.2, 0) is 32.5 Å². The maximum absolute atomic E-state index is 12.8. The lowest BCUT2D eigenvalue weighted by molar-refractivity contribution is -0.154. The highest BCUT2D eigenvalue weighted by molar-refractivity contribution is 5.80. The van der Waals surface area contributed by atoms with E-state index in [-0.39, 0.29) is 30.1 Å². The molecule has 2 aliphatic rings. The van der Waals surface area contributed by atoms with E-state index in [9.17, 15) is 9.59 Å². The minimum atomic E-state index is -0.561. The molecule has 0 bridgehead atoms. The number of hydrogen-bond donors (Lipinski definition) is 0. The maximum atomic E-state index is 12.8. The van der Waals surface area contributed by atoms with Crippen LogP contribution in [0.1, 0.15) is 31.7 Å². The van der Waals surface area contributed by atoms with Gasteiger partial charge in [0.05, 0.1) is 31.9 Å². The van der Waals surface area contributed by atoms with E-state index in [1.165, 1.54) is 7.11 Å². The van der Waals surface area contributed by atoms with Crippen molar-refractivity contribution in [3.8, 4) is 0 Å². The first-order valence-electron chi connectivity index (χ1n) is 8.01. The Balaban J connectivity index is 1.73. The zero-order valence-corrected chi connectivity index (χ0v) is 13.8. The second-order valence-corrected chi connectivity index (χ2v) is 6.42. The van der Waals surface area contributed by atoms with Crippen LogP contribution in [0.5, 0.6) is 0 Å². The Morgan fingerprint density at radius 2 is 2.22 bits per heavy atom. The van der Waals surface area contributed by atoms with Gasteiger partial charge in [0, 0.05) is 25.7 Å². The third kappa shape index (κ3) is 3.10. The predicted octanol–water partition coefficient (Wildman–Crippen LogP) is 0.673. The summed E-state index contributed by atoms with van der Waals surface area (Å²) in [7, 11) is 3.20. The van der Waals surface area contributed by atoms with Crippen molar-refractivity contribution >= 4 is 11.9 Å². The fourth-order valence-corrected chi connectivity index (χ4v) is 3.70. The number of aromatic nitrogens is 2. The Morgan fingerprint density at radius 3 is 2.87 bits per heavy atom. The zero-order chi connectivity index (χ0) is 16.6. The van der Waals surface area contributed by atoms with Crippen molar-refractivity contribution in [2.24, 2.45) is 7.05 Å². The summed E-state index contributed by atoms with van der Waals surface area (Å²) in [5.41, 5.74) is 0.898. The van der Waals surface area contributed by atoms with Gasteiger partial charge in [-0.05, 0) is 25.3 Å². The van der Waals surface area contributed by atoms with Crippen molar-refractivity contribution in [1.29, 1.82) is 0 Å². The lowest BCUT2D eigenvalue weighted by Gasteiger charge is -2.41. The van der Waals surface area contributed by atoms with Crippen molar-refractivity contribution in [2.45, 2.75) is 56.9 Å². The average molecular weight is 321 g/mol. The summed E-state index contributed by atoms with van der Waals surface area (Å²) in [4.78, 5) is 26.4. The molecule has 0 saturated carbocycles.